The number of hydrogen-bond acceptors (Lipinski definition) is 2. The minimum Gasteiger partial charge on any atom is -0.497 e. The summed E-state index contributed by atoms with van der Waals surface area (Å²) in [7, 11) is 1.66. The minimum atomic E-state index is 0.782. The summed E-state index contributed by atoms with van der Waals surface area (Å²) in [5, 5.41) is 0. The Balaban J connectivity index is 0.000000561. The first-order valence-corrected chi connectivity index (χ1v) is 4.74. The summed E-state index contributed by atoms with van der Waals surface area (Å²) in [5.41, 5.74) is 1.21. The molecule has 0 unspecified atom stereocenters. The Morgan fingerprint density at radius 3 is 2.00 bits per heavy atom. The zero-order valence-corrected chi connectivity index (χ0v) is 8.77. The predicted molar refractivity (Wildman–Crippen MR) is 57.0 cm³/mol. The predicted octanol–water partition coefficient (Wildman–Crippen LogP) is 3.15. The fraction of sp³-hybridized carbons (Fsp3) is 0.400. The Bertz CT molecular complexity index is 170. The number of thiol groups is 1. The average Bonchev–Trinajstić information content (AvgIpc) is 2.21. The van der Waals surface area contributed by atoms with Gasteiger partial charge >= 0.3 is 0 Å². The standard InChI is InChI=1S/C8H10OS.C2H6/c1-9-8-4-2-7(6-10)3-5-8;1-2/h2-5,10H,6H2,1H3;1-2H3. The molecule has 0 heterocycles. The summed E-state index contributed by atoms with van der Waals surface area (Å²) in [5.74, 6) is 1.68. The van der Waals surface area contributed by atoms with Gasteiger partial charge in [0.1, 0.15) is 5.75 Å². The molecule has 12 heavy (non-hydrogen) atoms. The Labute approximate surface area is 80.2 Å². The van der Waals surface area contributed by atoms with E-state index in [0.717, 1.165) is 11.5 Å². The molecule has 0 aliphatic rings. The topological polar surface area (TPSA) is 9.23 Å². The minimum absolute atomic E-state index is 0.782. The molecule has 0 aliphatic carbocycles. The van der Waals surface area contributed by atoms with E-state index < -0.39 is 0 Å². The summed E-state index contributed by atoms with van der Waals surface area (Å²) < 4.78 is 4.99. The molecule has 0 N–H and O–H groups in total. The van der Waals surface area contributed by atoms with Crippen LogP contribution in [-0.2, 0) is 5.75 Å². The molecule has 68 valence electrons. The van der Waals surface area contributed by atoms with Crippen LogP contribution >= 0.6 is 12.6 Å². The van der Waals surface area contributed by atoms with Gasteiger partial charge in [-0.3, -0.25) is 0 Å². The number of hydrogen-bond donors (Lipinski definition) is 1. The van der Waals surface area contributed by atoms with Crippen LogP contribution in [0.1, 0.15) is 19.4 Å². The quantitative estimate of drug-likeness (QED) is 0.695. The second-order valence-electron chi connectivity index (χ2n) is 2.01. The molecule has 1 aromatic carbocycles. The summed E-state index contributed by atoms with van der Waals surface area (Å²) in [4.78, 5) is 0. The van der Waals surface area contributed by atoms with Gasteiger partial charge < -0.3 is 4.74 Å². The highest BCUT2D eigenvalue weighted by Crippen LogP contribution is 2.11. The molecule has 0 amide bonds. The summed E-state index contributed by atoms with van der Waals surface area (Å²) >= 11 is 4.13. The van der Waals surface area contributed by atoms with Crippen LogP contribution in [0, 0.1) is 0 Å². The maximum absolute atomic E-state index is 4.99. The maximum Gasteiger partial charge on any atom is 0.118 e. The first-order chi connectivity index (χ1) is 5.86. The van der Waals surface area contributed by atoms with E-state index in [-0.39, 0.29) is 0 Å². The summed E-state index contributed by atoms with van der Waals surface area (Å²) in [6, 6.07) is 7.88. The van der Waals surface area contributed by atoms with Crippen LogP contribution in [0.4, 0.5) is 0 Å². The molecule has 2 heteroatoms. The molecule has 1 aromatic rings. The SMILES string of the molecule is CC.COc1ccc(CS)cc1. The van der Waals surface area contributed by atoms with Gasteiger partial charge in [-0.1, -0.05) is 26.0 Å². The van der Waals surface area contributed by atoms with Crippen molar-refractivity contribution in [3.05, 3.63) is 29.8 Å². The van der Waals surface area contributed by atoms with Gasteiger partial charge in [0.05, 0.1) is 7.11 Å². The van der Waals surface area contributed by atoms with Crippen molar-refractivity contribution >= 4 is 12.6 Å². The Hall–Kier alpha value is -0.630. The van der Waals surface area contributed by atoms with Gasteiger partial charge in [-0.2, -0.15) is 12.6 Å². The van der Waals surface area contributed by atoms with Crippen LogP contribution in [0.2, 0.25) is 0 Å². The molecule has 0 spiro atoms. The largest absolute Gasteiger partial charge is 0.497 e. The normalized spacial score (nSPS) is 8.33. The van der Waals surface area contributed by atoms with E-state index in [2.05, 4.69) is 12.6 Å². The van der Waals surface area contributed by atoms with E-state index >= 15 is 0 Å². The molecular weight excluding hydrogens is 168 g/mol. The van der Waals surface area contributed by atoms with Crippen LogP contribution in [0.15, 0.2) is 24.3 Å². The number of benzene rings is 1. The van der Waals surface area contributed by atoms with E-state index in [4.69, 9.17) is 4.74 Å². The van der Waals surface area contributed by atoms with Gasteiger partial charge in [0.2, 0.25) is 0 Å². The first-order valence-electron chi connectivity index (χ1n) is 4.10. The molecule has 0 fully saturated rings. The van der Waals surface area contributed by atoms with Gasteiger partial charge in [0.15, 0.2) is 0 Å². The molecule has 0 radical (unpaired) electrons. The van der Waals surface area contributed by atoms with E-state index in [0.29, 0.717) is 0 Å². The second kappa shape index (κ2) is 7.04. The smallest absolute Gasteiger partial charge is 0.118 e. The van der Waals surface area contributed by atoms with E-state index in [1.165, 1.54) is 5.56 Å². The lowest BCUT2D eigenvalue weighted by Gasteiger charge is -1.99. The third kappa shape index (κ3) is 3.67. The molecule has 1 rings (SSSR count). The van der Waals surface area contributed by atoms with Crippen molar-refractivity contribution in [1.82, 2.24) is 0 Å². The third-order valence-corrected chi connectivity index (χ3v) is 1.71. The van der Waals surface area contributed by atoms with Gasteiger partial charge in [0, 0.05) is 5.75 Å². The molecule has 0 bridgehead atoms. The molecule has 0 saturated carbocycles. The number of ether oxygens (including phenoxy) is 1. The van der Waals surface area contributed by atoms with Crippen molar-refractivity contribution in [3.63, 3.8) is 0 Å². The highest BCUT2D eigenvalue weighted by Gasteiger charge is 1.89. The Kier molecular flexibility index (Phi) is 6.67. The second-order valence-corrected chi connectivity index (χ2v) is 2.32. The van der Waals surface area contributed by atoms with Gasteiger partial charge in [-0.05, 0) is 17.7 Å². The van der Waals surface area contributed by atoms with Crippen LogP contribution in [0.25, 0.3) is 0 Å². The van der Waals surface area contributed by atoms with Gasteiger partial charge in [-0.25, -0.2) is 0 Å². The van der Waals surface area contributed by atoms with Crippen molar-refractivity contribution < 1.29 is 4.74 Å². The van der Waals surface area contributed by atoms with Crippen LogP contribution in [0.3, 0.4) is 0 Å². The molecule has 1 nitrogen and oxygen atoms in total. The van der Waals surface area contributed by atoms with Gasteiger partial charge in [-0.15, -0.1) is 0 Å². The Morgan fingerprint density at radius 1 is 1.17 bits per heavy atom. The monoisotopic (exact) mass is 184 g/mol. The highest BCUT2D eigenvalue weighted by atomic mass is 32.1. The number of methoxy groups -OCH3 is 1. The first kappa shape index (κ1) is 11.4. The van der Waals surface area contributed by atoms with Crippen molar-refractivity contribution in [2.24, 2.45) is 0 Å². The Morgan fingerprint density at radius 2 is 1.67 bits per heavy atom. The van der Waals surface area contributed by atoms with Crippen molar-refractivity contribution in [3.8, 4) is 5.75 Å². The van der Waals surface area contributed by atoms with Crippen LogP contribution in [-0.4, -0.2) is 7.11 Å². The van der Waals surface area contributed by atoms with Crippen molar-refractivity contribution in [2.75, 3.05) is 7.11 Å². The highest BCUT2D eigenvalue weighted by molar-refractivity contribution is 7.79. The zero-order chi connectivity index (χ0) is 9.40. The van der Waals surface area contributed by atoms with E-state index in [1.807, 2.05) is 38.1 Å². The fourth-order valence-electron chi connectivity index (χ4n) is 0.731. The lowest BCUT2D eigenvalue weighted by molar-refractivity contribution is 0.414. The van der Waals surface area contributed by atoms with E-state index in [1.54, 1.807) is 7.11 Å². The molecule has 0 aromatic heterocycles. The average molecular weight is 184 g/mol. The lowest BCUT2D eigenvalue weighted by Crippen LogP contribution is -1.82. The van der Waals surface area contributed by atoms with Crippen molar-refractivity contribution in [2.45, 2.75) is 19.6 Å². The molecule has 0 atom stereocenters. The van der Waals surface area contributed by atoms with Crippen LogP contribution < -0.4 is 4.74 Å². The van der Waals surface area contributed by atoms with Gasteiger partial charge in [0.25, 0.3) is 0 Å². The molecule has 0 saturated heterocycles. The zero-order valence-electron chi connectivity index (χ0n) is 7.87. The molecular formula is C10H16OS. The maximum atomic E-state index is 4.99. The fourth-order valence-corrected chi connectivity index (χ4v) is 0.942. The lowest BCUT2D eigenvalue weighted by atomic mass is 10.2. The summed E-state index contributed by atoms with van der Waals surface area (Å²) in [6.45, 7) is 4.00. The third-order valence-electron chi connectivity index (χ3n) is 1.34. The molecule has 0 aliphatic heterocycles. The summed E-state index contributed by atoms with van der Waals surface area (Å²) in [6.07, 6.45) is 0. The van der Waals surface area contributed by atoms with E-state index in [9.17, 15) is 0 Å². The van der Waals surface area contributed by atoms with Crippen LogP contribution in [0.5, 0.6) is 5.75 Å². The van der Waals surface area contributed by atoms with Crippen molar-refractivity contribution in [1.29, 1.82) is 0 Å². The number of rotatable bonds is 2.